The van der Waals surface area contributed by atoms with Gasteiger partial charge in [0.1, 0.15) is 11.6 Å². The Morgan fingerprint density at radius 3 is 2.31 bits per heavy atom. The van der Waals surface area contributed by atoms with Gasteiger partial charge in [0.15, 0.2) is 0 Å². The van der Waals surface area contributed by atoms with Crippen molar-refractivity contribution in [3.8, 4) is 0 Å². The summed E-state index contributed by atoms with van der Waals surface area (Å²) in [6, 6.07) is 5.74. The first kappa shape index (κ1) is 10.8. The largest absolute Gasteiger partial charge is 0.265 e. The lowest BCUT2D eigenvalue weighted by Crippen LogP contribution is -2.07. The maximum atomic E-state index is 13.4. The minimum absolute atomic E-state index is 0.0497. The number of nitrogens with zero attached hydrogens (tertiary/aromatic N) is 2. The topological polar surface area (TPSA) is 17.8 Å². The van der Waals surface area contributed by atoms with Crippen LogP contribution in [0.15, 0.2) is 24.3 Å². The van der Waals surface area contributed by atoms with E-state index in [0.29, 0.717) is 0 Å². The summed E-state index contributed by atoms with van der Waals surface area (Å²) in [5, 5.41) is 4.17. The van der Waals surface area contributed by atoms with Gasteiger partial charge in [-0.3, -0.25) is 4.68 Å². The minimum Gasteiger partial charge on any atom is -0.265 e. The molecule has 0 saturated carbocycles. The number of hydrogen-bond donors (Lipinski definition) is 0. The molecule has 0 atom stereocenters. The first-order chi connectivity index (χ1) is 7.58. The Morgan fingerprint density at radius 1 is 1.19 bits per heavy atom. The van der Waals surface area contributed by atoms with Gasteiger partial charge in [-0.05, 0) is 32.0 Å². The van der Waals surface area contributed by atoms with Gasteiger partial charge in [0.25, 0.3) is 0 Å². The van der Waals surface area contributed by atoms with Crippen LogP contribution in [0.2, 0.25) is 0 Å². The van der Waals surface area contributed by atoms with E-state index in [1.54, 1.807) is 4.68 Å². The van der Waals surface area contributed by atoms with Crippen molar-refractivity contribution in [3.63, 3.8) is 0 Å². The fourth-order valence-corrected chi connectivity index (χ4v) is 1.67. The van der Waals surface area contributed by atoms with Crippen molar-refractivity contribution in [1.29, 1.82) is 0 Å². The van der Waals surface area contributed by atoms with Crippen LogP contribution in [0.4, 0.5) is 8.78 Å². The van der Waals surface area contributed by atoms with E-state index >= 15 is 0 Å². The number of rotatable bonds is 2. The third-order valence-corrected chi connectivity index (χ3v) is 2.47. The zero-order chi connectivity index (χ0) is 11.7. The third-order valence-electron chi connectivity index (χ3n) is 2.47. The summed E-state index contributed by atoms with van der Waals surface area (Å²) in [4.78, 5) is 0. The van der Waals surface area contributed by atoms with E-state index in [1.807, 2.05) is 19.9 Å². The Kier molecular flexibility index (Phi) is 2.73. The number of aryl methyl sites for hydroxylation is 2. The SMILES string of the molecule is Cc1cc(C)n(Cc2c(F)cccc2F)n1. The highest BCUT2D eigenvalue weighted by Crippen LogP contribution is 2.14. The van der Waals surface area contributed by atoms with E-state index in [1.165, 1.54) is 18.2 Å². The van der Waals surface area contributed by atoms with Crippen molar-refractivity contribution in [3.05, 3.63) is 52.9 Å². The highest BCUT2D eigenvalue weighted by atomic mass is 19.1. The van der Waals surface area contributed by atoms with Crippen molar-refractivity contribution in [1.82, 2.24) is 9.78 Å². The maximum absolute atomic E-state index is 13.4. The molecule has 1 heterocycles. The fraction of sp³-hybridized carbons (Fsp3) is 0.250. The molecule has 2 aromatic rings. The molecule has 2 rings (SSSR count). The van der Waals surface area contributed by atoms with Gasteiger partial charge in [-0.1, -0.05) is 6.07 Å². The van der Waals surface area contributed by atoms with Crippen LogP contribution in [0.25, 0.3) is 0 Å². The van der Waals surface area contributed by atoms with Gasteiger partial charge in [-0.25, -0.2) is 8.78 Å². The molecule has 0 aliphatic rings. The van der Waals surface area contributed by atoms with E-state index < -0.39 is 11.6 Å². The lowest BCUT2D eigenvalue weighted by molar-refractivity contribution is 0.528. The van der Waals surface area contributed by atoms with Crippen molar-refractivity contribution in [2.45, 2.75) is 20.4 Å². The standard InChI is InChI=1S/C12H12F2N2/c1-8-6-9(2)16(15-8)7-10-11(13)4-3-5-12(10)14/h3-6H,7H2,1-2H3. The van der Waals surface area contributed by atoms with E-state index in [-0.39, 0.29) is 12.1 Å². The molecule has 0 N–H and O–H groups in total. The van der Waals surface area contributed by atoms with Crippen molar-refractivity contribution in [2.75, 3.05) is 0 Å². The Morgan fingerprint density at radius 2 is 1.81 bits per heavy atom. The van der Waals surface area contributed by atoms with Crippen LogP contribution in [0.3, 0.4) is 0 Å². The van der Waals surface area contributed by atoms with Gasteiger partial charge in [0.2, 0.25) is 0 Å². The predicted molar refractivity (Wildman–Crippen MR) is 57.2 cm³/mol. The molecule has 0 fully saturated rings. The van der Waals surface area contributed by atoms with Crippen LogP contribution < -0.4 is 0 Å². The molecule has 84 valence electrons. The second-order valence-corrected chi connectivity index (χ2v) is 3.78. The lowest BCUT2D eigenvalue weighted by Gasteiger charge is -2.06. The molecule has 0 unspecified atom stereocenters. The number of hydrogen-bond acceptors (Lipinski definition) is 1. The van der Waals surface area contributed by atoms with E-state index in [0.717, 1.165) is 11.4 Å². The molecular formula is C12H12F2N2. The maximum Gasteiger partial charge on any atom is 0.131 e. The highest BCUT2D eigenvalue weighted by molar-refractivity contribution is 5.21. The summed E-state index contributed by atoms with van der Waals surface area (Å²) in [5.41, 5.74) is 1.78. The summed E-state index contributed by atoms with van der Waals surface area (Å²) in [6.07, 6.45) is 0. The normalized spacial score (nSPS) is 10.8. The van der Waals surface area contributed by atoms with Gasteiger partial charge in [-0.15, -0.1) is 0 Å². The molecule has 0 saturated heterocycles. The summed E-state index contributed by atoms with van der Waals surface area (Å²) >= 11 is 0. The Balaban J connectivity index is 2.37. The molecule has 2 nitrogen and oxygen atoms in total. The average Bonchev–Trinajstić information content (AvgIpc) is 2.51. The Labute approximate surface area is 92.5 Å². The van der Waals surface area contributed by atoms with Gasteiger partial charge in [0.05, 0.1) is 12.2 Å². The number of aromatic nitrogens is 2. The second-order valence-electron chi connectivity index (χ2n) is 3.78. The van der Waals surface area contributed by atoms with Crippen LogP contribution >= 0.6 is 0 Å². The van der Waals surface area contributed by atoms with E-state index in [9.17, 15) is 8.78 Å². The zero-order valence-electron chi connectivity index (χ0n) is 9.17. The first-order valence-electron chi connectivity index (χ1n) is 5.02. The summed E-state index contributed by atoms with van der Waals surface area (Å²) < 4.78 is 28.4. The van der Waals surface area contributed by atoms with Crippen LogP contribution in [-0.2, 0) is 6.54 Å². The molecule has 16 heavy (non-hydrogen) atoms. The third kappa shape index (κ3) is 1.96. The molecule has 0 radical (unpaired) electrons. The summed E-state index contributed by atoms with van der Waals surface area (Å²) in [5.74, 6) is -1.07. The number of halogens is 2. The van der Waals surface area contributed by atoms with Gasteiger partial charge in [0, 0.05) is 11.3 Å². The van der Waals surface area contributed by atoms with Gasteiger partial charge < -0.3 is 0 Å². The highest BCUT2D eigenvalue weighted by Gasteiger charge is 2.10. The van der Waals surface area contributed by atoms with E-state index in [4.69, 9.17) is 0 Å². The van der Waals surface area contributed by atoms with Gasteiger partial charge in [-0.2, -0.15) is 5.10 Å². The molecule has 4 heteroatoms. The summed E-state index contributed by atoms with van der Waals surface area (Å²) in [6.45, 7) is 3.83. The monoisotopic (exact) mass is 222 g/mol. The minimum atomic E-state index is -0.535. The van der Waals surface area contributed by atoms with Crippen molar-refractivity contribution < 1.29 is 8.78 Å². The Hall–Kier alpha value is -1.71. The molecule has 1 aromatic heterocycles. The molecule has 1 aromatic carbocycles. The quantitative estimate of drug-likeness (QED) is 0.764. The predicted octanol–water partition coefficient (Wildman–Crippen LogP) is 2.83. The van der Waals surface area contributed by atoms with Crippen molar-refractivity contribution in [2.24, 2.45) is 0 Å². The van der Waals surface area contributed by atoms with Crippen LogP contribution in [0.5, 0.6) is 0 Å². The average molecular weight is 222 g/mol. The molecule has 0 spiro atoms. The molecular weight excluding hydrogens is 210 g/mol. The van der Waals surface area contributed by atoms with Crippen LogP contribution in [-0.4, -0.2) is 9.78 Å². The van der Waals surface area contributed by atoms with Crippen molar-refractivity contribution >= 4 is 0 Å². The molecule has 0 aliphatic heterocycles. The van der Waals surface area contributed by atoms with Gasteiger partial charge >= 0.3 is 0 Å². The number of benzene rings is 1. The molecule has 0 amide bonds. The molecule has 0 bridgehead atoms. The smallest absolute Gasteiger partial charge is 0.131 e. The second kappa shape index (κ2) is 4.04. The first-order valence-corrected chi connectivity index (χ1v) is 5.02. The van der Waals surface area contributed by atoms with Crippen LogP contribution in [0.1, 0.15) is 17.0 Å². The van der Waals surface area contributed by atoms with Crippen LogP contribution in [0, 0.1) is 25.5 Å². The van der Waals surface area contributed by atoms with E-state index in [2.05, 4.69) is 5.10 Å². The zero-order valence-corrected chi connectivity index (χ0v) is 9.17. The summed E-state index contributed by atoms with van der Waals surface area (Å²) in [7, 11) is 0. The fourth-order valence-electron chi connectivity index (χ4n) is 1.67. The molecule has 0 aliphatic carbocycles. The Bertz CT molecular complexity index is 497. The lowest BCUT2D eigenvalue weighted by atomic mass is 10.2.